The number of piperazine rings is 1. The number of hydrogen-bond donors (Lipinski definition) is 3. The van der Waals surface area contributed by atoms with Crippen LogP contribution in [-0.2, 0) is 14.8 Å². The van der Waals surface area contributed by atoms with E-state index in [1.165, 1.54) is 53.2 Å². The van der Waals surface area contributed by atoms with Crippen LogP contribution in [0.5, 0.6) is 11.5 Å². The number of nitro groups is 1. The number of ether oxygens (including phenoxy) is 2. The Morgan fingerprint density at radius 1 is 0.985 bits per heavy atom. The molecule has 3 N–H and O–H groups in total. The number of allylic oxidation sites excluding steroid dienone is 1. The number of carbonyl (C=O) groups is 1. The maximum Gasteiger partial charge on any atom is 0.293 e. The quantitative estimate of drug-likeness (QED) is 0.0679. The van der Waals surface area contributed by atoms with Gasteiger partial charge in [0.05, 0.1) is 34.2 Å². The number of nitrogens with one attached hydrogen (secondary N) is 3. The smallest absolute Gasteiger partial charge is 0.293 e. The minimum Gasteiger partial charge on any atom is -0.455 e. The van der Waals surface area contributed by atoms with Crippen molar-refractivity contribution in [1.29, 1.82) is 0 Å². The van der Waals surface area contributed by atoms with Crippen LogP contribution in [0, 0.1) is 21.4 Å². The summed E-state index contributed by atoms with van der Waals surface area (Å²) in [7, 11) is -2.93. The Hall–Kier alpha value is -5.36. The van der Waals surface area contributed by atoms with Gasteiger partial charge in [0.25, 0.3) is 28.0 Å². The molecule has 348 valence electrons. The zero-order valence-corrected chi connectivity index (χ0v) is 38.4. The van der Waals surface area contributed by atoms with E-state index >= 15 is 0 Å². The first kappa shape index (κ1) is 47.6. The molecular formula is C47H56ClF2N7O7S. The number of alkyl halides is 2. The molecular weight excluding hydrogens is 880 g/mol. The number of aromatic nitrogens is 1. The summed E-state index contributed by atoms with van der Waals surface area (Å²) in [5.74, 6) is -0.390. The van der Waals surface area contributed by atoms with Gasteiger partial charge in [-0.25, -0.2) is 26.9 Å². The highest BCUT2D eigenvalue weighted by Gasteiger charge is 2.31. The summed E-state index contributed by atoms with van der Waals surface area (Å²) in [5, 5.41) is 18.5. The number of methoxy groups -OCH3 is 1. The first-order chi connectivity index (χ1) is 31.1. The van der Waals surface area contributed by atoms with Gasteiger partial charge in [-0.1, -0.05) is 43.2 Å². The van der Waals surface area contributed by atoms with Crippen LogP contribution >= 0.6 is 11.6 Å². The first-order valence-electron chi connectivity index (χ1n) is 21.9. The molecule has 1 aromatic heterocycles. The number of rotatable bonds is 17. The molecule has 0 unspecified atom stereocenters. The lowest BCUT2D eigenvalue weighted by atomic mass is 9.72. The molecule has 2 aliphatic carbocycles. The monoisotopic (exact) mass is 935 g/mol. The van der Waals surface area contributed by atoms with Crippen molar-refractivity contribution in [1.82, 2.24) is 14.6 Å². The number of benzene rings is 3. The maximum atomic E-state index is 13.9. The predicted molar refractivity (Wildman–Crippen MR) is 249 cm³/mol. The van der Waals surface area contributed by atoms with Gasteiger partial charge in [0.1, 0.15) is 23.0 Å². The van der Waals surface area contributed by atoms with Gasteiger partial charge < -0.3 is 25.0 Å². The number of nitro benzene ring substituents is 1. The lowest BCUT2D eigenvalue weighted by Crippen LogP contribution is -2.47. The fraction of sp³-hybridized carbons (Fsp3) is 0.447. The normalized spacial score (nSPS) is 19.2. The molecule has 2 fully saturated rings. The highest BCUT2D eigenvalue weighted by molar-refractivity contribution is 7.90. The Kier molecular flexibility index (Phi) is 15.3. The molecule has 1 saturated heterocycles. The number of hydrogen-bond acceptors (Lipinski definition) is 12. The fourth-order valence-corrected chi connectivity index (χ4v) is 9.88. The molecule has 1 aliphatic heterocycles. The van der Waals surface area contributed by atoms with Gasteiger partial charge in [0.2, 0.25) is 0 Å². The Morgan fingerprint density at radius 2 is 1.72 bits per heavy atom. The summed E-state index contributed by atoms with van der Waals surface area (Å²) < 4.78 is 66.7. The molecule has 4 aromatic rings. The Bertz CT molecular complexity index is 2460. The van der Waals surface area contributed by atoms with Crippen molar-refractivity contribution in [3.63, 3.8) is 0 Å². The van der Waals surface area contributed by atoms with Crippen LogP contribution < -0.4 is 25.0 Å². The van der Waals surface area contributed by atoms with Gasteiger partial charge in [-0.3, -0.25) is 19.8 Å². The largest absolute Gasteiger partial charge is 0.455 e. The zero-order chi connectivity index (χ0) is 46.3. The molecule has 0 radical (unpaired) electrons. The summed E-state index contributed by atoms with van der Waals surface area (Å²) in [6.07, 6.45) is 5.60. The third kappa shape index (κ3) is 12.5. The Labute approximate surface area is 383 Å². The summed E-state index contributed by atoms with van der Waals surface area (Å²) in [6.45, 7) is 8.21. The lowest BCUT2D eigenvalue weighted by Gasteiger charge is -2.39. The van der Waals surface area contributed by atoms with Crippen molar-refractivity contribution < 1.29 is 36.4 Å². The van der Waals surface area contributed by atoms with E-state index in [1.54, 1.807) is 19.2 Å². The molecule has 0 atom stereocenters. The van der Waals surface area contributed by atoms with Gasteiger partial charge in [-0.05, 0) is 116 Å². The van der Waals surface area contributed by atoms with Gasteiger partial charge in [-0.2, -0.15) is 0 Å². The maximum absolute atomic E-state index is 13.9. The van der Waals surface area contributed by atoms with E-state index < -0.39 is 44.4 Å². The van der Waals surface area contributed by atoms with E-state index in [1.807, 2.05) is 12.1 Å². The van der Waals surface area contributed by atoms with Crippen LogP contribution in [0.4, 0.5) is 31.7 Å². The van der Waals surface area contributed by atoms with Crippen molar-refractivity contribution in [2.24, 2.45) is 11.3 Å². The van der Waals surface area contributed by atoms with Gasteiger partial charge in [0.15, 0.2) is 0 Å². The van der Waals surface area contributed by atoms with Crippen molar-refractivity contribution in [3.8, 4) is 11.5 Å². The second-order valence-electron chi connectivity index (χ2n) is 17.8. The molecule has 1 amide bonds. The molecule has 18 heteroatoms. The lowest BCUT2D eigenvalue weighted by molar-refractivity contribution is -0.384. The van der Waals surface area contributed by atoms with Crippen molar-refractivity contribution in [3.05, 3.63) is 111 Å². The average Bonchev–Trinajstić information content (AvgIpc) is 3.29. The second-order valence-corrected chi connectivity index (χ2v) is 19.9. The van der Waals surface area contributed by atoms with E-state index in [2.05, 4.69) is 56.1 Å². The van der Waals surface area contributed by atoms with Crippen LogP contribution in [0.1, 0.15) is 74.7 Å². The summed E-state index contributed by atoms with van der Waals surface area (Å²) in [4.78, 5) is 33.7. The number of nitrogens with zero attached hydrogens (tertiary/aromatic N) is 4. The predicted octanol–water partition coefficient (Wildman–Crippen LogP) is 9.63. The number of anilines is 3. The third-order valence-corrected chi connectivity index (χ3v) is 14.1. The molecule has 2 heterocycles. The van der Waals surface area contributed by atoms with E-state index in [4.69, 9.17) is 21.1 Å². The topological polar surface area (TPSA) is 168 Å². The first-order valence-corrected chi connectivity index (χ1v) is 23.8. The second kappa shape index (κ2) is 20.9. The number of carbonyl (C=O) groups excluding carboxylic acids is 1. The number of amides is 1. The molecule has 0 spiro atoms. The van der Waals surface area contributed by atoms with Gasteiger partial charge >= 0.3 is 0 Å². The van der Waals surface area contributed by atoms with Crippen molar-refractivity contribution in [2.75, 3.05) is 68.5 Å². The third-order valence-electron chi connectivity index (χ3n) is 12.6. The van der Waals surface area contributed by atoms with Gasteiger partial charge in [-0.15, -0.1) is 0 Å². The number of pyridine rings is 1. The molecule has 14 nitrogen and oxygen atoms in total. The van der Waals surface area contributed by atoms with Crippen LogP contribution in [0.2, 0.25) is 5.02 Å². The number of sulfonamides is 1. The Balaban J connectivity index is 1.08. The molecule has 1 saturated carbocycles. The highest BCUT2D eigenvalue weighted by atomic mass is 35.5. The van der Waals surface area contributed by atoms with Crippen molar-refractivity contribution >= 4 is 56.0 Å². The SMILES string of the molecule is CO[C@H]1CC[C@H](CNc2ccc(S(=O)(=O)NC(=O)c3ccc(N4CCN(CC5=C(c6ccc(Cl)cc6)CC(C)(C)CC5)CC4)cc3Oc3ccc(NCC(F)F)nc3)cc2[N+](=O)[O-])CC1. The highest BCUT2D eigenvalue weighted by Crippen LogP contribution is 2.43. The van der Waals surface area contributed by atoms with Crippen LogP contribution in [-0.4, -0.2) is 94.6 Å². The van der Waals surface area contributed by atoms with Crippen LogP contribution in [0.3, 0.4) is 0 Å². The molecule has 0 bridgehead atoms. The average molecular weight is 937 g/mol. The van der Waals surface area contributed by atoms with Crippen molar-refractivity contribution in [2.45, 2.75) is 76.2 Å². The van der Waals surface area contributed by atoms with E-state index in [0.717, 1.165) is 76.3 Å². The summed E-state index contributed by atoms with van der Waals surface area (Å²) in [6, 6.07) is 19.3. The summed E-state index contributed by atoms with van der Waals surface area (Å²) >= 11 is 6.23. The van der Waals surface area contributed by atoms with E-state index in [0.29, 0.717) is 24.7 Å². The Morgan fingerprint density at radius 3 is 2.38 bits per heavy atom. The van der Waals surface area contributed by atoms with E-state index in [9.17, 15) is 32.1 Å². The molecule has 3 aliphatic rings. The minimum absolute atomic E-state index is 0.0142. The summed E-state index contributed by atoms with van der Waals surface area (Å²) in [5.41, 5.74) is 4.53. The van der Waals surface area contributed by atoms with E-state index in [-0.39, 0.29) is 46.0 Å². The van der Waals surface area contributed by atoms with Crippen LogP contribution in [0.15, 0.2) is 89.5 Å². The fourth-order valence-electron chi connectivity index (χ4n) is 8.77. The zero-order valence-electron chi connectivity index (χ0n) is 36.8. The molecule has 7 rings (SSSR count). The molecule has 3 aromatic carbocycles. The standard InChI is InChI=1S/C47H56ClF2N7O7S/c1-47(2)19-18-33(40(26-47)32-6-8-34(48)9-7-32)30-55-20-22-56(23-21-55)35-10-15-39(43(24-35)64-37-13-17-45(52-28-37)53-29-44(49)50)46(58)54-65(61,62)38-14-16-41(42(25-38)57(59)60)51-27-31-4-11-36(63-3)12-5-31/h6-10,13-17,24-25,28,31,36,44,51H,4-5,11-12,18-23,26-27,29-30H2,1-3H3,(H,52,53)(H,54,58)/t31-,36-. The van der Waals surface area contributed by atoms with Crippen LogP contribution in [0.25, 0.3) is 5.57 Å². The number of halogens is 3. The van der Waals surface area contributed by atoms with Gasteiger partial charge in [0, 0.05) is 69.2 Å². The minimum atomic E-state index is -4.62. The molecule has 65 heavy (non-hydrogen) atoms.